The number of aromatic hydroxyl groups is 1. The van der Waals surface area contributed by atoms with Crippen molar-refractivity contribution in [3.05, 3.63) is 34.6 Å². The van der Waals surface area contributed by atoms with Crippen LogP contribution in [0.2, 0.25) is 0 Å². The molecule has 3 N–H and O–H groups in total. The molecule has 1 heterocycles. The van der Waals surface area contributed by atoms with Gasteiger partial charge in [0.15, 0.2) is 6.23 Å². The van der Waals surface area contributed by atoms with Crippen molar-refractivity contribution in [3.63, 3.8) is 0 Å². The molecule has 2 aromatic rings. The van der Waals surface area contributed by atoms with Gasteiger partial charge in [-0.15, -0.1) is 5.06 Å². The number of phenolic OH excluding ortho intramolecular Hbond substituents is 1. The van der Waals surface area contributed by atoms with E-state index < -0.39 is 11.8 Å². The summed E-state index contributed by atoms with van der Waals surface area (Å²) in [6.07, 6.45) is 0.0270. The van der Waals surface area contributed by atoms with Gasteiger partial charge in [-0.2, -0.15) is 0 Å². The van der Waals surface area contributed by atoms with Crippen LogP contribution in [0, 0.1) is 0 Å². The normalized spacial score (nSPS) is 13.5. The molecule has 0 spiro atoms. The number of pyridine rings is 1. The number of aromatic amines is 1. The highest BCUT2D eigenvalue weighted by Crippen LogP contribution is 2.31. The van der Waals surface area contributed by atoms with E-state index in [1.54, 1.807) is 12.1 Å². The minimum atomic E-state index is -0.542. The fourth-order valence-corrected chi connectivity index (χ4v) is 2.20. The molecular formula is C16H22N2O4. The molecule has 0 bridgehead atoms. The van der Waals surface area contributed by atoms with Crippen LogP contribution < -0.4 is 10.3 Å². The molecule has 0 radical (unpaired) electrons. The monoisotopic (exact) mass is 306 g/mol. The Morgan fingerprint density at radius 3 is 2.55 bits per heavy atom. The number of benzene rings is 1. The highest BCUT2D eigenvalue weighted by molar-refractivity contribution is 5.89. The van der Waals surface area contributed by atoms with Gasteiger partial charge in [0.25, 0.3) is 0 Å². The zero-order chi connectivity index (χ0) is 16.5. The molecule has 1 atom stereocenters. The van der Waals surface area contributed by atoms with E-state index in [-0.39, 0.29) is 11.3 Å². The van der Waals surface area contributed by atoms with Crippen molar-refractivity contribution in [3.8, 4) is 11.5 Å². The third kappa shape index (κ3) is 3.23. The molecule has 120 valence electrons. The lowest BCUT2D eigenvalue weighted by molar-refractivity contribution is -0.235. The number of H-pyrrole nitrogens is 1. The number of fused-ring (bicyclic) bond motifs is 1. The summed E-state index contributed by atoms with van der Waals surface area (Å²) >= 11 is 0. The summed E-state index contributed by atoms with van der Waals surface area (Å²) in [7, 11) is 0. The van der Waals surface area contributed by atoms with E-state index >= 15 is 0 Å². The van der Waals surface area contributed by atoms with Gasteiger partial charge in [0.2, 0.25) is 5.56 Å². The van der Waals surface area contributed by atoms with Crippen LogP contribution in [-0.2, 0) is 0 Å². The first-order chi connectivity index (χ1) is 10.2. The lowest BCUT2D eigenvalue weighted by Crippen LogP contribution is -2.48. The lowest BCUT2D eigenvalue weighted by atomic mass is 10.1. The van der Waals surface area contributed by atoms with Crippen LogP contribution in [-0.4, -0.2) is 32.1 Å². The number of nitrogens with zero attached hydrogens (tertiary/aromatic N) is 1. The van der Waals surface area contributed by atoms with E-state index in [1.807, 2.05) is 27.7 Å². The van der Waals surface area contributed by atoms with Crippen molar-refractivity contribution in [2.75, 3.05) is 0 Å². The average molecular weight is 306 g/mol. The molecule has 1 aromatic carbocycles. The van der Waals surface area contributed by atoms with Gasteiger partial charge in [-0.05, 0) is 45.4 Å². The van der Waals surface area contributed by atoms with Crippen LogP contribution in [0.3, 0.4) is 0 Å². The molecule has 0 fully saturated rings. The molecular weight excluding hydrogens is 284 g/mol. The second-order valence-corrected chi connectivity index (χ2v) is 6.19. The smallest absolute Gasteiger partial charge is 0.248 e. The number of hydroxylamine groups is 2. The Bertz CT molecular complexity index is 718. The molecule has 6 nitrogen and oxygen atoms in total. The molecule has 1 aromatic heterocycles. The third-order valence-electron chi connectivity index (χ3n) is 3.41. The largest absolute Gasteiger partial charge is 0.506 e. The van der Waals surface area contributed by atoms with E-state index in [2.05, 4.69) is 4.98 Å². The van der Waals surface area contributed by atoms with Crippen molar-refractivity contribution < 1.29 is 15.1 Å². The first-order valence-electron chi connectivity index (χ1n) is 7.24. The average Bonchev–Trinajstić information content (AvgIpc) is 2.45. The standard InChI is InChI=1S/C16H22N2O4/c1-5-14(18(21)16(2,3)4)22-12-8-7-11(19)15-10(12)6-9-13(20)17-15/h6-9,14,19,21H,5H2,1-4H3,(H,17,20). The Kier molecular flexibility index (Phi) is 4.44. The number of rotatable bonds is 4. The van der Waals surface area contributed by atoms with Crippen LogP contribution in [0.1, 0.15) is 34.1 Å². The van der Waals surface area contributed by atoms with Crippen LogP contribution >= 0.6 is 0 Å². The first-order valence-corrected chi connectivity index (χ1v) is 7.24. The lowest BCUT2D eigenvalue weighted by Gasteiger charge is -2.35. The summed E-state index contributed by atoms with van der Waals surface area (Å²) in [6.45, 7) is 7.55. The highest BCUT2D eigenvalue weighted by Gasteiger charge is 2.28. The zero-order valence-corrected chi connectivity index (χ0v) is 13.3. The van der Waals surface area contributed by atoms with Gasteiger partial charge in [-0.1, -0.05) is 6.92 Å². The Morgan fingerprint density at radius 1 is 1.27 bits per heavy atom. The Morgan fingerprint density at radius 2 is 1.95 bits per heavy atom. The summed E-state index contributed by atoms with van der Waals surface area (Å²) in [5.74, 6) is 0.462. The first kappa shape index (κ1) is 16.3. The van der Waals surface area contributed by atoms with E-state index in [1.165, 1.54) is 12.1 Å². The predicted octanol–water partition coefficient (Wildman–Crippen LogP) is 2.84. The van der Waals surface area contributed by atoms with E-state index in [0.717, 1.165) is 5.06 Å². The summed E-state index contributed by atoms with van der Waals surface area (Å²) in [5, 5.41) is 21.9. The van der Waals surface area contributed by atoms with Crippen LogP contribution in [0.4, 0.5) is 0 Å². The van der Waals surface area contributed by atoms with Gasteiger partial charge in [0.05, 0.1) is 5.52 Å². The molecule has 0 amide bonds. The van der Waals surface area contributed by atoms with Gasteiger partial charge < -0.3 is 20.0 Å². The Balaban J connectivity index is 2.43. The molecule has 2 rings (SSSR count). The van der Waals surface area contributed by atoms with E-state index in [4.69, 9.17) is 4.74 Å². The van der Waals surface area contributed by atoms with Gasteiger partial charge in [-0.3, -0.25) is 4.79 Å². The maximum Gasteiger partial charge on any atom is 0.248 e. The van der Waals surface area contributed by atoms with Gasteiger partial charge in [-0.25, -0.2) is 0 Å². The van der Waals surface area contributed by atoms with Crippen LogP contribution in [0.15, 0.2) is 29.1 Å². The topological polar surface area (TPSA) is 85.8 Å². The molecule has 0 saturated heterocycles. The summed E-state index contributed by atoms with van der Waals surface area (Å²) in [6, 6.07) is 6.04. The number of phenols is 1. The second-order valence-electron chi connectivity index (χ2n) is 6.19. The minimum absolute atomic E-state index is 0.0234. The maximum absolute atomic E-state index is 11.4. The van der Waals surface area contributed by atoms with Crippen molar-refractivity contribution in [1.29, 1.82) is 0 Å². The molecule has 22 heavy (non-hydrogen) atoms. The quantitative estimate of drug-likeness (QED) is 0.597. The van der Waals surface area contributed by atoms with Crippen molar-refractivity contribution >= 4 is 10.9 Å². The second kappa shape index (κ2) is 5.98. The molecule has 6 heteroatoms. The highest BCUT2D eigenvalue weighted by atomic mass is 16.6. The van der Waals surface area contributed by atoms with Gasteiger partial charge >= 0.3 is 0 Å². The summed E-state index contributed by atoms with van der Waals surface area (Å²) in [4.78, 5) is 14.0. The number of aromatic nitrogens is 1. The van der Waals surface area contributed by atoms with Gasteiger partial charge in [0, 0.05) is 17.0 Å². The van der Waals surface area contributed by atoms with Crippen molar-refractivity contribution in [2.45, 2.75) is 45.9 Å². The van der Waals surface area contributed by atoms with E-state index in [9.17, 15) is 15.1 Å². The maximum atomic E-state index is 11.4. The Labute approximate surface area is 128 Å². The molecule has 0 aliphatic heterocycles. The fraction of sp³-hybridized carbons (Fsp3) is 0.438. The fourth-order valence-electron chi connectivity index (χ4n) is 2.20. The van der Waals surface area contributed by atoms with Crippen LogP contribution in [0.5, 0.6) is 11.5 Å². The predicted molar refractivity (Wildman–Crippen MR) is 84.3 cm³/mol. The summed E-state index contributed by atoms with van der Waals surface area (Å²) in [5.41, 5.74) is -0.451. The number of nitrogens with one attached hydrogen (secondary N) is 1. The minimum Gasteiger partial charge on any atom is -0.506 e. The van der Waals surface area contributed by atoms with Crippen molar-refractivity contribution in [2.24, 2.45) is 0 Å². The van der Waals surface area contributed by atoms with Crippen molar-refractivity contribution in [1.82, 2.24) is 10.0 Å². The zero-order valence-electron chi connectivity index (χ0n) is 13.3. The SMILES string of the molecule is CCC(Oc1ccc(O)c2[nH]c(=O)ccc12)N(O)C(C)(C)C. The molecule has 0 saturated carbocycles. The molecule has 0 aliphatic rings. The molecule has 1 unspecified atom stereocenters. The third-order valence-corrected chi connectivity index (χ3v) is 3.41. The summed E-state index contributed by atoms with van der Waals surface area (Å²) < 4.78 is 5.90. The molecule has 0 aliphatic carbocycles. The number of hydrogen-bond acceptors (Lipinski definition) is 5. The number of hydrogen-bond donors (Lipinski definition) is 3. The van der Waals surface area contributed by atoms with Gasteiger partial charge in [0.1, 0.15) is 11.5 Å². The van der Waals surface area contributed by atoms with E-state index in [0.29, 0.717) is 23.1 Å². The van der Waals surface area contributed by atoms with Crippen LogP contribution in [0.25, 0.3) is 10.9 Å². The Hall–Kier alpha value is -2.05. The number of ether oxygens (including phenoxy) is 1.